The molecule has 1 aliphatic heterocycles. The number of unbranched alkanes of at least 4 members (excludes halogenated alkanes) is 3. The van der Waals surface area contributed by atoms with Crippen LogP contribution in [0.4, 0.5) is 0 Å². The van der Waals surface area contributed by atoms with E-state index in [2.05, 4.69) is 37.9 Å². The van der Waals surface area contributed by atoms with Crippen molar-refractivity contribution in [3.05, 3.63) is 0 Å². The lowest BCUT2D eigenvalue weighted by molar-refractivity contribution is 0.157. The van der Waals surface area contributed by atoms with Crippen LogP contribution in [-0.2, 0) is 0 Å². The van der Waals surface area contributed by atoms with E-state index >= 15 is 0 Å². The van der Waals surface area contributed by atoms with Crippen LogP contribution < -0.4 is 5.32 Å². The third-order valence-electron chi connectivity index (χ3n) is 3.97. The lowest BCUT2D eigenvalue weighted by Gasteiger charge is -2.33. The fourth-order valence-corrected chi connectivity index (χ4v) is 2.75. The monoisotopic (exact) mass is 254 g/mol. The summed E-state index contributed by atoms with van der Waals surface area (Å²) in [5.74, 6) is 0. The van der Waals surface area contributed by atoms with Crippen molar-refractivity contribution in [1.29, 1.82) is 0 Å². The van der Waals surface area contributed by atoms with Gasteiger partial charge < -0.3 is 10.2 Å². The molecule has 108 valence electrons. The minimum atomic E-state index is 0.281. The van der Waals surface area contributed by atoms with Crippen LogP contribution in [0.25, 0.3) is 0 Å². The Kier molecular flexibility index (Phi) is 7.25. The number of piperidine rings is 1. The van der Waals surface area contributed by atoms with Crippen molar-refractivity contribution in [2.45, 2.75) is 84.2 Å². The molecule has 1 aliphatic rings. The van der Waals surface area contributed by atoms with Crippen molar-refractivity contribution in [2.75, 3.05) is 19.6 Å². The second-order valence-electron chi connectivity index (χ2n) is 6.97. The SMILES string of the molecule is CC1CCCCN1CCCCCCNC(C)(C)C. The number of likely N-dealkylation sites (tertiary alicyclic amines) is 1. The van der Waals surface area contributed by atoms with E-state index in [1.807, 2.05) is 0 Å². The predicted molar refractivity (Wildman–Crippen MR) is 81.1 cm³/mol. The summed E-state index contributed by atoms with van der Waals surface area (Å²) < 4.78 is 0. The average molecular weight is 254 g/mol. The van der Waals surface area contributed by atoms with E-state index in [0.717, 1.165) is 6.04 Å². The second-order valence-corrected chi connectivity index (χ2v) is 6.97. The largest absolute Gasteiger partial charge is 0.312 e. The molecule has 0 aromatic rings. The third-order valence-corrected chi connectivity index (χ3v) is 3.97. The van der Waals surface area contributed by atoms with Gasteiger partial charge in [-0.1, -0.05) is 19.3 Å². The molecule has 1 fully saturated rings. The van der Waals surface area contributed by atoms with Gasteiger partial charge in [-0.05, 0) is 73.0 Å². The maximum Gasteiger partial charge on any atom is 0.00965 e. The Hall–Kier alpha value is -0.0800. The molecule has 1 saturated heterocycles. The van der Waals surface area contributed by atoms with Gasteiger partial charge in [0.2, 0.25) is 0 Å². The van der Waals surface area contributed by atoms with E-state index in [4.69, 9.17) is 0 Å². The van der Waals surface area contributed by atoms with Crippen LogP contribution in [0.2, 0.25) is 0 Å². The molecule has 0 aromatic carbocycles. The molecule has 0 amide bonds. The third kappa shape index (κ3) is 7.38. The van der Waals surface area contributed by atoms with Gasteiger partial charge in [-0.2, -0.15) is 0 Å². The highest BCUT2D eigenvalue weighted by atomic mass is 15.1. The van der Waals surface area contributed by atoms with E-state index in [-0.39, 0.29) is 5.54 Å². The van der Waals surface area contributed by atoms with E-state index in [9.17, 15) is 0 Å². The molecule has 0 aliphatic carbocycles. The summed E-state index contributed by atoms with van der Waals surface area (Å²) in [6.07, 6.45) is 9.76. The number of rotatable bonds is 7. The van der Waals surface area contributed by atoms with Gasteiger partial charge in [-0.25, -0.2) is 0 Å². The molecule has 0 saturated carbocycles. The summed E-state index contributed by atoms with van der Waals surface area (Å²) >= 11 is 0. The van der Waals surface area contributed by atoms with Gasteiger partial charge in [0.25, 0.3) is 0 Å². The summed E-state index contributed by atoms with van der Waals surface area (Å²) in [4.78, 5) is 2.69. The second kappa shape index (κ2) is 8.16. The molecular weight excluding hydrogens is 220 g/mol. The first-order chi connectivity index (χ1) is 8.49. The zero-order valence-corrected chi connectivity index (χ0v) is 13.1. The van der Waals surface area contributed by atoms with Gasteiger partial charge in [0, 0.05) is 11.6 Å². The first-order valence-electron chi connectivity index (χ1n) is 7.98. The zero-order chi connectivity index (χ0) is 13.4. The molecule has 1 N–H and O–H groups in total. The molecule has 1 unspecified atom stereocenters. The first kappa shape index (κ1) is 16.0. The first-order valence-corrected chi connectivity index (χ1v) is 7.98. The van der Waals surface area contributed by atoms with Crippen LogP contribution in [0.3, 0.4) is 0 Å². The number of hydrogen-bond acceptors (Lipinski definition) is 2. The Bertz CT molecular complexity index is 208. The van der Waals surface area contributed by atoms with Crippen LogP contribution in [0, 0.1) is 0 Å². The van der Waals surface area contributed by atoms with Gasteiger partial charge in [-0.15, -0.1) is 0 Å². The molecule has 18 heavy (non-hydrogen) atoms. The summed E-state index contributed by atoms with van der Waals surface area (Å²) in [7, 11) is 0. The van der Waals surface area contributed by atoms with Crippen molar-refractivity contribution in [3.8, 4) is 0 Å². The van der Waals surface area contributed by atoms with Crippen LogP contribution in [0.5, 0.6) is 0 Å². The minimum absolute atomic E-state index is 0.281. The van der Waals surface area contributed by atoms with Crippen LogP contribution in [0.15, 0.2) is 0 Å². The number of hydrogen-bond donors (Lipinski definition) is 1. The van der Waals surface area contributed by atoms with Gasteiger partial charge in [0.05, 0.1) is 0 Å². The lowest BCUT2D eigenvalue weighted by Crippen LogP contribution is -2.38. The van der Waals surface area contributed by atoms with Gasteiger partial charge in [0.15, 0.2) is 0 Å². The molecule has 2 heteroatoms. The molecule has 1 rings (SSSR count). The van der Waals surface area contributed by atoms with E-state index in [1.54, 1.807) is 0 Å². The Balaban J connectivity index is 1.92. The van der Waals surface area contributed by atoms with Crippen molar-refractivity contribution in [2.24, 2.45) is 0 Å². The highest BCUT2D eigenvalue weighted by Crippen LogP contribution is 2.17. The van der Waals surface area contributed by atoms with E-state index in [0.29, 0.717) is 0 Å². The highest BCUT2D eigenvalue weighted by Gasteiger charge is 2.16. The Morgan fingerprint density at radius 3 is 2.44 bits per heavy atom. The molecule has 0 spiro atoms. The van der Waals surface area contributed by atoms with Crippen molar-refractivity contribution in [1.82, 2.24) is 10.2 Å². The average Bonchev–Trinajstić information content (AvgIpc) is 2.28. The summed E-state index contributed by atoms with van der Waals surface area (Å²) in [5, 5.41) is 3.56. The van der Waals surface area contributed by atoms with Crippen LogP contribution in [0.1, 0.15) is 72.6 Å². The van der Waals surface area contributed by atoms with E-state index in [1.165, 1.54) is 64.6 Å². The molecule has 1 atom stereocenters. The minimum Gasteiger partial charge on any atom is -0.312 e. The number of nitrogens with zero attached hydrogens (tertiary/aromatic N) is 1. The fourth-order valence-electron chi connectivity index (χ4n) is 2.75. The van der Waals surface area contributed by atoms with Crippen molar-refractivity contribution >= 4 is 0 Å². The molecule has 0 radical (unpaired) electrons. The molecular formula is C16H34N2. The van der Waals surface area contributed by atoms with Crippen LogP contribution >= 0.6 is 0 Å². The maximum atomic E-state index is 3.56. The summed E-state index contributed by atoms with van der Waals surface area (Å²) in [5.41, 5.74) is 0.281. The summed E-state index contributed by atoms with van der Waals surface area (Å²) in [6.45, 7) is 13.0. The molecule has 2 nitrogen and oxygen atoms in total. The molecule has 1 heterocycles. The molecule has 0 bridgehead atoms. The van der Waals surface area contributed by atoms with Gasteiger partial charge in [0.1, 0.15) is 0 Å². The van der Waals surface area contributed by atoms with Crippen molar-refractivity contribution in [3.63, 3.8) is 0 Å². The van der Waals surface area contributed by atoms with Gasteiger partial charge in [-0.3, -0.25) is 0 Å². The number of nitrogens with one attached hydrogen (secondary N) is 1. The Morgan fingerprint density at radius 2 is 1.78 bits per heavy atom. The maximum absolute atomic E-state index is 3.56. The Morgan fingerprint density at radius 1 is 1.06 bits per heavy atom. The normalized spacial score (nSPS) is 22.3. The standard InChI is InChI=1S/C16H34N2/c1-15-11-7-10-14-18(15)13-9-6-5-8-12-17-16(2,3)4/h15,17H,5-14H2,1-4H3. The topological polar surface area (TPSA) is 15.3 Å². The molecule has 0 aromatic heterocycles. The van der Waals surface area contributed by atoms with Crippen LogP contribution in [-0.4, -0.2) is 36.1 Å². The van der Waals surface area contributed by atoms with Gasteiger partial charge >= 0.3 is 0 Å². The fraction of sp³-hybridized carbons (Fsp3) is 1.00. The quantitative estimate of drug-likeness (QED) is 0.695. The zero-order valence-electron chi connectivity index (χ0n) is 13.1. The summed E-state index contributed by atoms with van der Waals surface area (Å²) in [6, 6.07) is 0.835. The van der Waals surface area contributed by atoms with E-state index < -0.39 is 0 Å². The predicted octanol–water partition coefficient (Wildman–Crippen LogP) is 3.81. The highest BCUT2D eigenvalue weighted by molar-refractivity contribution is 4.73. The lowest BCUT2D eigenvalue weighted by atomic mass is 10.0. The Labute approximate surface area is 115 Å². The van der Waals surface area contributed by atoms with Crippen molar-refractivity contribution < 1.29 is 0 Å². The smallest absolute Gasteiger partial charge is 0.00965 e.